The second kappa shape index (κ2) is 5.98. The van der Waals surface area contributed by atoms with Crippen LogP contribution in [0.1, 0.15) is 45.7 Å². The van der Waals surface area contributed by atoms with Gasteiger partial charge in [-0.05, 0) is 34.6 Å². The first-order valence-corrected chi connectivity index (χ1v) is 8.86. The fourth-order valence-corrected chi connectivity index (χ4v) is 3.50. The second-order valence-electron chi connectivity index (χ2n) is 8.14. The van der Waals surface area contributed by atoms with Crippen molar-refractivity contribution >= 4 is 40.0 Å². The van der Waals surface area contributed by atoms with Crippen LogP contribution in [0.5, 0.6) is 0 Å². The highest BCUT2D eigenvalue weighted by Gasteiger charge is 2.39. The van der Waals surface area contributed by atoms with Crippen molar-refractivity contribution in [1.82, 2.24) is 9.97 Å². The van der Waals surface area contributed by atoms with E-state index in [1.54, 1.807) is 4.90 Å². The van der Waals surface area contributed by atoms with E-state index in [-0.39, 0.29) is 30.0 Å². The number of carbonyl (C=O) groups is 1. The van der Waals surface area contributed by atoms with Crippen molar-refractivity contribution in [2.24, 2.45) is 0 Å². The standard InChI is InChI=1S/C19H25N7O/c1-9(2)25(6)17-11(8-20)13-10-7-12(27)26(19(3,4)5)18(10)24-16(22)14(13)15(21)23-17/h9H,7H2,1-6H3,(H2,21,23)(H2,22,24). The number of nitrogens with two attached hydrogens (primary N) is 2. The fraction of sp³-hybridized carbons (Fsp3) is 0.474. The van der Waals surface area contributed by atoms with Crippen molar-refractivity contribution in [3.05, 3.63) is 11.1 Å². The zero-order valence-corrected chi connectivity index (χ0v) is 16.6. The Morgan fingerprint density at radius 2 is 1.78 bits per heavy atom. The number of carbonyl (C=O) groups excluding carboxylic acids is 1. The lowest BCUT2D eigenvalue weighted by Gasteiger charge is -2.32. The van der Waals surface area contributed by atoms with Gasteiger partial charge in [-0.3, -0.25) is 9.69 Å². The molecule has 0 aliphatic carbocycles. The van der Waals surface area contributed by atoms with E-state index in [0.717, 1.165) is 0 Å². The molecule has 3 rings (SSSR count). The van der Waals surface area contributed by atoms with E-state index in [9.17, 15) is 10.1 Å². The maximum atomic E-state index is 12.7. The first kappa shape index (κ1) is 18.7. The van der Waals surface area contributed by atoms with E-state index in [4.69, 9.17) is 11.5 Å². The lowest BCUT2D eigenvalue weighted by Crippen LogP contribution is -2.44. The first-order valence-electron chi connectivity index (χ1n) is 8.86. The summed E-state index contributed by atoms with van der Waals surface area (Å²) in [7, 11) is 1.86. The highest BCUT2D eigenvalue weighted by atomic mass is 16.2. The van der Waals surface area contributed by atoms with Gasteiger partial charge >= 0.3 is 0 Å². The Balaban J connectivity index is 2.47. The Bertz CT molecular complexity index is 998. The van der Waals surface area contributed by atoms with Crippen LogP contribution in [0.15, 0.2) is 0 Å². The summed E-state index contributed by atoms with van der Waals surface area (Å²) >= 11 is 0. The zero-order chi connectivity index (χ0) is 20.3. The summed E-state index contributed by atoms with van der Waals surface area (Å²) in [6.07, 6.45) is 0.152. The molecule has 0 unspecified atom stereocenters. The number of aromatic nitrogens is 2. The number of nitrogen functional groups attached to an aromatic ring is 2. The van der Waals surface area contributed by atoms with E-state index >= 15 is 0 Å². The quantitative estimate of drug-likeness (QED) is 0.833. The van der Waals surface area contributed by atoms with Crippen molar-refractivity contribution in [1.29, 1.82) is 5.26 Å². The fourth-order valence-electron chi connectivity index (χ4n) is 3.50. The van der Waals surface area contributed by atoms with Crippen LogP contribution in [-0.2, 0) is 11.2 Å². The Morgan fingerprint density at radius 1 is 1.19 bits per heavy atom. The minimum absolute atomic E-state index is 0.0741. The SMILES string of the molecule is CC(C)N(C)c1nc(N)c2c(N)nc3c(c2c1C#N)CC(=O)N3C(C)(C)C. The molecule has 0 atom stereocenters. The molecule has 4 N–H and O–H groups in total. The van der Waals surface area contributed by atoms with Crippen LogP contribution < -0.4 is 21.3 Å². The molecule has 1 aliphatic heterocycles. The van der Waals surface area contributed by atoms with E-state index in [2.05, 4.69) is 16.0 Å². The highest BCUT2D eigenvalue weighted by molar-refractivity contribution is 6.13. The van der Waals surface area contributed by atoms with E-state index in [1.165, 1.54) is 0 Å². The Morgan fingerprint density at radius 3 is 2.30 bits per heavy atom. The van der Waals surface area contributed by atoms with Crippen LogP contribution in [0.25, 0.3) is 10.8 Å². The third kappa shape index (κ3) is 2.70. The van der Waals surface area contributed by atoms with Crippen LogP contribution in [0.2, 0.25) is 0 Å². The molecule has 0 saturated carbocycles. The molecule has 0 saturated heterocycles. The summed E-state index contributed by atoms with van der Waals surface area (Å²) in [5.74, 6) is 1.29. The molecule has 2 aromatic rings. The average molecular weight is 367 g/mol. The molecule has 142 valence electrons. The smallest absolute Gasteiger partial charge is 0.233 e. The first-order chi connectivity index (χ1) is 12.5. The van der Waals surface area contributed by atoms with Gasteiger partial charge in [0.05, 0.1) is 11.8 Å². The highest BCUT2D eigenvalue weighted by Crippen LogP contribution is 2.43. The third-order valence-electron chi connectivity index (χ3n) is 4.94. The summed E-state index contributed by atoms with van der Waals surface area (Å²) in [4.78, 5) is 25.2. The number of rotatable bonds is 2. The van der Waals surface area contributed by atoms with Gasteiger partial charge in [-0.1, -0.05) is 0 Å². The van der Waals surface area contributed by atoms with Crippen LogP contribution >= 0.6 is 0 Å². The predicted molar refractivity (Wildman–Crippen MR) is 108 cm³/mol. The minimum atomic E-state index is -0.460. The number of nitriles is 1. The summed E-state index contributed by atoms with van der Waals surface area (Å²) in [5, 5.41) is 11.0. The number of anilines is 4. The number of fused-ring (bicyclic) bond motifs is 3. The summed E-state index contributed by atoms with van der Waals surface area (Å²) in [6, 6.07) is 2.37. The summed E-state index contributed by atoms with van der Waals surface area (Å²) in [5.41, 5.74) is 13.0. The van der Waals surface area contributed by atoms with Gasteiger partial charge in [0.2, 0.25) is 5.91 Å². The Labute approximate surface area is 158 Å². The van der Waals surface area contributed by atoms with Crippen molar-refractivity contribution in [3.63, 3.8) is 0 Å². The number of amides is 1. The van der Waals surface area contributed by atoms with E-state index < -0.39 is 5.54 Å². The van der Waals surface area contributed by atoms with Gasteiger partial charge in [0.15, 0.2) is 0 Å². The molecule has 27 heavy (non-hydrogen) atoms. The van der Waals surface area contributed by atoms with Crippen molar-refractivity contribution in [2.75, 3.05) is 28.3 Å². The van der Waals surface area contributed by atoms with Gasteiger partial charge in [0.1, 0.15) is 34.9 Å². The van der Waals surface area contributed by atoms with Crippen LogP contribution in [0.3, 0.4) is 0 Å². The maximum absolute atomic E-state index is 12.7. The minimum Gasteiger partial charge on any atom is -0.383 e. The molecule has 8 heteroatoms. The van der Waals surface area contributed by atoms with Crippen LogP contribution in [0.4, 0.5) is 23.3 Å². The molecule has 0 aromatic carbocycles. The zero-order valence-electron chi connectivity index (χ0n) is 16.6. The Kier molecular flexibility index (Phi) is 4.14. The normalized spacial score (nSPS) is 14.0. The molecular formula is C19H25N7O. The molecule has 0 bridgehead atoms. The Hall–Kier alpha value is -3.08. The summed E-state index contributed by atoms with van der Waals surface area (Å²) < 4.78 is 0. The number of hydrogen-bond acceptors (Lipinski definition) is 7. The molecule has 0 radical (unpaired) electrons. The molecule has 2 aromatic heterocycles. The molecule has 8 nitrogen and oxygen atoms in total. The predicted octanol–water partition coefficient (Wildman–Crippen LogP) is 2.20. The molecule has 1 amide bonds. The average Bonchev–Trinajstić information content (AvgIpc) is 2.89. The lowest BCUT2D eigenvalue weighted by atomic mass is 10.00. The molecule has 0 fully saturated rings. The van der Waals surface area contributed by atoms with E-state index in [1.807, 2.05) is 46.6 Å². The number of hydrogen-bond donors (Lipinski definition) is 2. The van der Waals surface area contributed by atoms with Crippen LogP contribution in [0, 0.1) is 11.3 Å². The second-order valence-corrected chi connectivity index (χ2v) is 8.14. The van der Waals surface area contributed by atoms with Gasteiger partial charge < -0.3 is 16.4 Å². The molecular weight excluding hydrogens is 342 g/mol. The van der Waals surface area contributed by atoms with Crippen molar-refractivity contribution in [2.45, 2.75) is 52.6 Å². The third-order valence-corrected chi connectivity index (χ3v) is 4.94. The van der Waals surface area contributed by atoms with Gasteiger partial charge in [0.25, 0.3) is 0 Å². The number of nitrogens with zero attached hydrogens (tertiary/aromatic N) is 5. The lowest BCUT2D eigenvalue weighted by molar-refractivity contribution is -0.118. The topological polar surface area (TPSA) is 125 Å². The van der Waals surface area contributed by atoms with Gasteiger partial charge in [-0.15, -0.1) is 0 Å². The maximum Gasteiger partial charge on any atom is 0.233 e. The monoisotopic (exact) mass is 367 g/mol. The van der Waals surface area contributed by atoms with Gasteiger partial charge in [-0.25, -0.2) is 9.97 Å². The molecule has 1 aliphatic rings. The van der Waals surface area contributed by atoms with Gasteiger partial charge in [0, 0.05) is 29.6 Å². The molecule has 0 spiro atoms. The number of pyridine rings is 2. The largest absolute Gasteiger partial charge is 0.383 e. The van der Waals surface area contributed by atoms with Crippen molar-refractivity contribution in [3.8, 4) is 6.07 Å². The van der Waals surface area contributed by atoms with Crippen molar-refractivity contribution < 1.29 is 4.79 Å². The summed E-state index contributed by atoms with van der Waals surface area (Å²) in [6.45, 7) is 9.81. The van der Waals surface area contributed by atoms with Crippen LogP contribution in [-0.4, -0.2) is 34.5 Å². The van der Waals surface area contributed by atoms with Gasteiger partial charge in [-0.2, -0.15) is 5.26 Å². The van der Waals surface area contributed by atoms with E-state index in [0.29, 0.717) is 33.5 Å². The molecule has 3 heterocycles.